The molecule has 1 aliphatic rings. The summed E-state index contributed by atoms with van der Waals surface area (Å²) in [4.78, 5) is 19.4. The van der Waals surface area contributed by atoms with Crippen molar-refractivity contribution in [2.24, 2.45) is 5.92 Å². The van der Waals surface area contributed by atoms with Crippen LogP contribution in [-0.4, -0.2) is 87.3 Å². The third kappa shape index (κ3) is 7.41. The first-order valence-electron chi connectivity index (χ1n) is 10.4. The van der Waals surface area contributed by atoms with Crippen LogP contribution in [-0.2, 0) is 4.74 Å². The number of amides is 2. The van der Waals surface area contributed by atoms with E-state index in [2.05, 4.69) is 60.2 Å². The predicted molar refractivity (Wildman–Crippen MR) is 115 cm³/mol. The van der Waals surface area contributed by atoms with Gasteiger partial charge in [-0.3, -0.25) is 4.90 Å². The molecule has 1 aromatic carbocycles. The highest BCUT2D eigenvalue weighted by Crippen LogP contribution is 2.22. The van der Waals surface area contributed by atoms with Crippen LogP contribution in [0.3, 0.4) is 0 Å². The molecular formula is C22H38N4O2. The zero-order chi connectivity index (χ0) is 20.5. The molecule has 0 saturated carbocycles. The van der Waals surface area contributed by atoms with Crippen molar-refractivity contribution in [2.75, 3.05) is 66.6 Å². The summed E-state index contributed by atoms with van der Waals surface area (Å²) in [7, 11) is 4.08. The van der Waals surface area contributed by atoms with Gasteiger partial charge in [-0.1, -0.05) is 43.7 Å². The largest absolute Gasteiger partial charge is 0.379 e. The molecule has 0 radical (unpaired) electrons. The van der Waals surface area contributed by atoms with Crippen molar-refractivity contribution in [3.8, 4) is 0 Å². The SMILES string of the molecule is Cc1cccc(C(CNC(=O)N(CCN(C)C)CC(C)C)N2CCOCC2)c1. The number of likely N-dealkylation sites (N-methyl/N-ethyl adjacent to an activating group) is 1. The lowest BCUT2D eigenvalue weighted by Crippen LogP contribution is -2.48. The Bertz CT molecular complexity index is 600. The zero-order valence-corrected chi connectivity index (χ0v) is 18.3. The van der Waals surface area contributed by atoms with Crippen molar-refractivity contribution >= 4 is 6.03 Å². The number of carbonyl (C=O) groups excluding carboxylic acids is 1. The van der Waals surface area contributed by atoms with Crippen LogP contribution < -0.4 is 5.32 Å². The maximum Gasteiger partial charge on any atom is 0.317 e. The normalized spacial score (nSPS) is 16.4. The number of ether oxygens (including phenoxy) is 1. The van der Waals surface area contributed by atoms with E-state index in [-0.39, 0.29) is 12.1 Å². The van der Waals surface area contributed by atoms with Crippen LogP contribution in [0.2, 0.25) is 0 Å². The van der Waals surface area contributed by atoms with Crippen LogP contribution in [0.4, 0.5) is 4.79 Å². The van der Waals surface area contributed by atoms with E-state index in [1.165, 1.54) is 11.1 Å². The minimum absolute atomic E-state index is 0.0291. The maximum absolute atomic E-state index is 12.9. The highest BCUT2D eigenvalue weighted by atomic mass is 16.5. The molecule has 1 atom stereocenters. The van der Waals surface area contributed by atoms with Gasteiger partial charge >= 0.3 is 6.03 Å². The van der Waals surface area contributed by atoms with Gasteiger partial charge in [-0.25, -0.2) is 4.79 Å². The number of morpholine rings is 1. The van der Waals surface area contributed by atoms with Crippen molar-refractivity contribution in [2.45, 2.75) is 26.8 Å². The number of hydrogen-bond acceptors (Lipinski definition) is 4. The summed E-state index contributed by atoms with van der Waals surface area (Å²) in [6.07, 6.45) is 0. The molecule has 2 rings (SSSR count). The average molecular weight is 391 g/mol. The lowest BCUT2D eigenvalue weighted by Gasteiger charge is -2.35. The van der Waals surface area contributed by atoms with Gasteiger partial charge in [0.25, 0.3) is 0 Å². The molecule has 1 saturated heterocycles. The van der Waals surface area contributed by atoms with Crippen LogP contribution in [0.5, 0.6) is 0 Å². The van der Waals surface area contributed by atoms with Crippen LogP contribution >= 0.6 is 0 Å². The van der Waals surface area contributed by atoms with E-state index in [1.807, 2.05) is 19.0 Å². The summed E-state index contributed by atoms with van der Waals surface area (Å²) in [5.74, 6) is 0.444. The second kappa shape index (κ2) is 11.4. The van der Waals surface area contributed by atoms with Crippen molar-refractivity contribution in [1.29, 1.82) is 0 Å². The summed E-state index contributed by atoms with van der Waals surface area (Å²) in [6.45, 7) is 12.7. The van der Waals surface area contributed by atoms with Crippen molar-refractivity contribution in [3.63, 3.8) is 0 Å². The van der Waals surface area contributed by atoms with E-state index in [0.717, 1.165) is 45.9 Å². The van der Waals surface area contributed by atoms with Gasteiger partial charge in [0.1, 0.15) is 0 Å². The molecule has 0 bridgehead atoms. The third-order valence-electron chi connectivity index (χ3n) is 5.05. The number of carbonyl (C=O) groups is 1. The van der Waals surface area contributed by atoms with E-state index < -0.39 is 0 Å². The molecule has 6 nitrogen and oxygen atoms in total. The molecule has 1 N–H and O–H groups in total. The Hall–Kier alpha value is -1.63. The molecule has 1 unspecified atom stereocenters. The lowest BCUT2D eigenvalue weighted by atomic mass is 10.0. The van der Waals surface area contributed by atoms with E-state index in [4.69, 9.17) is 4.74 Å². The monoisotopic (exact) mass is 390 g/mol. The minimum Gasteiger partial charge on any atom is -0.379 e. The van der Waals surface area contributed by atoms with Crippen LogP contribution in [0, 0.1) is 12.8 Å². The molecular weight excluding hydrogens is 352 g/mol. The summed E-state index contributed by atoms with van der Waals surface area (Å²) < 4.78 is 5.53. The minimum atomic E-state index is 0.0291. The quantitative estimate of drug-likeness (QED) is 0.704. The average Bonchev–Trinajstić information content (AvgIpc) is 2.65. The molecule has 1 heterocycles. The van der Waals surface area contributed by atoms with Gasteiger partial charge in [-0.2, -0.15) is 0 Å². The Kier molecular flexibility index (Phi) is 9.22. The number of hydrogen-bond donors (Lipinski definition) is 1. The lowest BCUT2D eigenvalue weighted by molar-refractivity contribution is 0.0164. The fraction of sp³-hybridized carbons (Fsp3) is 0.682. The first-order valence-corrected chi connectivity index (χ1v) is 10.4. The topological polar surface area (TPSA) is 48.1 Å². The number of benzene rings is 1. The second-order valence-corrected chi connectivity index (χ2v) is 8.41. The maximum atomic E-state index is 12.9. The molecule has 1 aromatic rings. The summed E-state index contributed by atoms with van der Waals surface area (Å²) in [6, 6.07) is 8.80. The van der Waals surface area contributed by atoms with E-state index in [1.54, 1.807) is 0 Å². The Morgan fingerprint density at radius 2 is 1.93 bits per heavy atom. The number of nitrogens with zero attached hydrogens (tertiary/aromatic N) is 3. The predicted octanol–water partition coefficient (Wildman–Crippen LogP) is 2.60. The zero-order valence-electron chi connectivity index (χ0n) is 18.3. The molecule has 1 fully saturated rings. The Balaban J connectivity index is 2.06. The summed E-state index contributed by atoms with van der Waals surface area (Å²) in [5.41, 5.74) is 2.50. The first kappa shape index (κ1) is 22.7. The molecule has 0 aliphatic carbocycles. The number of urea groups is 1. The van der Waals surface area contributed by atoms with Gasteiger partial charge in [0.05, 0.1) is 19.3 Å². The van der Waals surface area contributed by atoms with Gasteiger partial charge in [-0.05, 0) is 32.5 Å². The molecule has 28 heavy (non-hydrogen) atoms. The third-order valence-corrected chi connectivity index (χ3v) is 5.05. The van der Waals surface area contributed by atoms with Gasteiger partial charge in [-0.15, -0.1) is 0 Å². The number of aryl methyl sites for hydroxylation is 1. The van der Waals surface area contributed by atoms with E-state index >= 15 is 0 Å². The second-order valence-electron chi connectivity index (χ2n) is 8.41. The molecule has 158 valence electrons. The van der Waals surface area contributed by atoms with Crippen molar-refractivity contribution < 1.29 is 9.53 Å². The van der Waals surface area contributed by atoms with E-state index in [0.29, 0.717) is 12.5 Å². The molecule has 2 amide bonds. The Labute approximate surface area is 170 Å². The Morgan fingerprint density at radius 1 is 1.21 bits per heavy atom. The molecule has 6 heteroatoms. The first-order chi connectivity index (χ1) is 13.4. The highest BCUT2D eigenvalue weighted by Gasteiger charge is 2.24. The smallest absolute Gasteiger partial charge is 0.317 e. The van der Waals surface area contributed by atoms with Gasteiger partial charge in [0.2, 0.25) is 0 Å². The van der Waals surface area contributed by atoms with Crippen LogP contribution in [0.15, 0.2) is 24.3 Å². The Morgan fingerprint density at radius 3 is 2.54 bits per heavy atom. The molecule has 0 spiro atoms. The standard InChI is InChI=1S/C22H38N4O2/c1-18(2)17-26(10-9-24(4)5)22(27)23-16-21(25-11-13-28-14-12-25)20-8-6-7-19(3)15-20/h6-8,15,18,21H,9-14,16-17H2,1-5H3,(H,23,27). The van der Waals surface area contributed by atoms with Crippen molar-refractivity contribution in [3.05, 3.63) is 35.4 Å². The summed E-state index contributed by atoms with van der Waals surface area (Å²) in [5, 5.41) is 3.21. The van der Waals surface area contributed by atoms with Gasteiger partial charge in [0.15, 0.2) is 0 Å². The van der Waals surface area contributed by atoms with Gasteiger partial charge < -0.3 is 19.9 Å². The summed E-state index contributed by atoms with van der Waals surface area (Å²) >= 11 is 0. The van der Waals surface area contributed by atoms with Crippen LogP contribution in [0.1, 0.15) is 31.0 Å². The molecule has 0 aromatic heterocycles. The van der Waals surface area contributed by atoms with Crippen molar-refractivity contribution in [1.82, 2.24) is 20.0 Å². The number of nitrogens with one attached hydrogen (secondary N) is 1. The fourth-order valence-corrected chi connectivity index (χ4v) is 3.56. The molecule has 1 aliphatic heterocycles. The highest BCUT2D eigenvalue weighted by molar-refractivity contribution is 5.74. The number of rotatable bonds is 9. The van der Waals surface area contributed by atoms with E-state index in [9.17, 15) is 4.79 Å². The van der Waals surface area contributed by atoms with Gasteiger partial charge in [0, 0.05) is 39.3 Å². The van der Waals surface area contributed by atoms with Crippen LogP contribution in [0.25, 0.3) is 0 Å². The fourth-order valence-electron chi connectivity index (χ4n) is 3.56.